The van der Waals surface area contributed by atoms with E-state index in [1.54, 1.807) is 36.4 Å². The average molecular weight is 429 g/mol. The van der Waals surface area contributed by atoms with Gasteiger partial charge in [0.25, 0.3) is 15.9 Å². The van der Waals surface area contributed by atoms with E-state index in [1.807, 2.05) is 19.1 Å². The van der Waals surface area contributed by atoms with E-state index in [0.717, 1.165) is 5.56 Å². The minimum absolute atomic E-state index is 0.0324. The molecule has 9 heteroatoms. The summed E-state index contributed by atoms with van der Waals surface area (Å²) in [6.45, 7) is 6.55. The van der Waals surface area contributed by atoms with Gasteiger partial charge in [-0.25, -0.2) is 0 Å². The number of hydrogen-bond acceptors (Lipinski definition) is 5. The van der Waals surface area contributed by atoms with Crippen molar-refractivity contribution in [1.29, 1.82) is 0 Å². The number of benzene rings is 2. The number of hydrogen-bond donors (Lipinski definition) is 3. The van der Waals surface area contributed by atoms with Crippen molar-refractivity contribution in [3.63, 3.8) is 0 Å². The van der Waals surface area contributed by atoms with Crippen LogP contribution in [0.3, 0.4) is 0 Å². The van der Waals surface area contributed by atoms with Gasteiger partial charge in [-0.1, -0.05) is 26.0 Å². The summed E-state index contributed by atoms with van der Waals surface area (Å²) in [6, 6.07) is 15.2. The van der Waals surface area contributed by atoms with Crippen LogP contribution < -0.4 is 14.8 Å². The van der Waals surface area contributed by atoms with Gasteiger partial charge in [-0.15, -0.1) is 0 Å². The van der Waals surface area contributed by atoms with Crippen molar-refractivity contribution in [2.24, 2.45) is 0 Å². The van der Waals surface area contributed by atoms with Gasteiger partial charge < -0.3 is 10.1 Å². The number of sulfonamides is 1. The fourth-order valence-electron chi connectivity index (χ4n) is 2.70. The summed E-state index contributed by atoms with van der Waals surface area (Å²) in [6.07, 6.45) is 0. The standard InChI is InChI=1S/C21H24N4O4S/c1-4-29-18-11-9-17(10-12-18)25-30(27,28)20-13-19(23-24-20)21(26)22-16-7-5-15(6-8-16)14(2)3/h5-14,25H,4H2,1-3H3,(H,22,26)(H,23,24). The van der Waals surface area contributed by atoms with Crippen molar-refractivity contribution >= 4 is 27.3 Å². The highest BCUT2D eigenvalue weighted by atomic mass is 32.2. The molecule has 1 amide bonds. The van der Waals surface area contributed by atoms with E-state index in [1.165, 1.54) is 6.07 Å². The SMILES string of the molecule is CCOc1ccc(NS(=O)(=O)c2cc(C(=O)Nc3ccc(C(C)C)cc3)n[nH]2)cc1. The average Bonchev–Trinajstić information content (AvgIpc) is 3.21. The van der Waals surface area contributed by atoms with Crippen LogP contribution in [0.25, 0.3) is 0 Å². The summed E-state index contributed by atoms with van der Waals surface area (Å²) < 4.78 is 32.9. The van der Waals surface area contributed by atoms with Crippen LogP contribution >= 0.6 is 0 Å². The molecule has 0 bridgehead atoms. The molecule has 0 saturated carbocycles. The van der Waals surface area contributed by atoms with Crippen LogP contribution in [0.5, 0.6) is 5.75 Å². The predicted molar refractivity (Wildman–Crippen MR) is 115 cm³/mol. The van der Waals surface area contributed by atoms with Gasteiger partial charge in [-0.05, 0) is 54.8 Å². The van der Waals surface area contributed by atoms with Crippen LogP contribution in [-0.4, -0.2) is 31.1 Å². The Balaban J connectivity index is 1.68. The topological polar surface area (TPSA) is 113 Å². The molecule has 3 N–H and O–H groups in total. The first-order valence-corrected chi connectivity index (χ1v) is 11.0. The number of H-pyrrole nitrogens is 1. The fourth-order valence-corrected chi connectivity index (χ4v) is 3.69. The Kier molecular flexibility index (Phi) is 6.41. The van der Waals surface area contributed by atoms with Crippen molar-refractivity contribution in [1.82, 2.24) is 10.2 Å². The number of amides is 1. The van der Waals surface area contributed by atoms with Gasteiger partial charge in [0, 0.05) is 17.4 Å². The highest BCUT2D eigenvalue weighted by Crippen LogP contribution is 2.20. The monoisotopic (exact) mass is 428 g/mol. The van der Waals surface area contributed by atoms with Crippen LogP contribution in [0.4, 0.5) is 11.4 Å². The number of anilines is 2. The Hall–Kier alpha value is -3.33. The molecule has 0 atom stereocenters. The molecular weight excluding hydrogens is 404 g/mol. The maximum Gasteiger partial charge on any atom is 0.278 e. The number of ether oxygens (including phenoxy) is 1. The molecule has 0 aliphatic rings. The van der Waals surface area contributed by atoms with E-state index in [0.29, 0.717) is 29.6 Å². The summed E-state index contributed by atoms with van der Waals surface area (Å²) in [5.74, 6) is 0.519. The minimum Gasteiger partial charge on any atom is -0.494 e. The molecule has 3 rings (SSSR count). The number of rotatable bonds is 8. The normalized spacial score (nSPS) is 11.3. The summed E-state index contributed by atoms with van der Waals surface area (Å²) in [4.78, 5) is 12.4. The second-order valence-corrected chi connectivity index (χ2v) is 8.56. The maximum absolute atomic E-state index is 12.6. The molecule has 3 aromatic rings. The molecule has 2 aromatic carbocycles. The van der Waals surface area contributed by atoms with E-state index < -0.39 is 15.9 Å². The lowest BCUT2D eigenvalue weighted by molar-refractivity contribution is 0.102. The minimum atomic E-state index is -3.93. The van der Waals surface area contributed by atoms with E-state index in [9.17, 15) is 13.2 Å². The highest BCUT2D eigenvalue weighted by Gasteiger charge is 2.20. The third-order valence-corrected chi connectivity index (χ3v) is 5.62. The lowest BCUT2D eigenvalue weighted by Gasteiger charge is -2.08. The molecule has 1 aromatic heterocycles. The molecule has 0 aliphatic heterocycles. The molecule has 8 nitrogen and oxygen atoms in total. The first-order valence-electron chi connectivity index (χ1n) is 9.51. The second-order valence-electron chi connectivity index (χ2n) is 6.91. The lowest BCUT2D eigenvalue weighted by Crippen LogP contribution is -2.14. The van der Waals surface area contributed by atoms with Crippen LogP contribution in [0, 0.1) is 0 Å². The first-order chi connectivity index (χ1) is 14.3. The smallest absolute Gasteiger partial charge is 0.278 e. The van der Waals surface area contributed by atoms with Crippen LogP contribution in [0.15, 0.2) is 59.6 Å². The number of nitrogens with one attached hydrogen (secondary N) is 3. The quantitative estimate of drug-likeness (QED) is 0.502. The fraction of sp³-hybridized carbons (Fsp3) is 0.238. The highest BCUT2D eigenvalue weighted by molar-refractivity contribution is 7.92. The Labute approximate surface area is 175 Å². The number of carbonyl (C=O) groups is 1. The molecule has 0 fully saturated rings. The Morgan fingerprint density at radius 3 is 2.30 bits per heavy atom. The number of aromatic amines is 1. The van der Waals surface area contributed by atoms with Crippen molar-refractivity contribution in [2.45, 2.75) is 31.7 Å². The molecule has 158 valence electrons. The Morgan fingerprint density at radius 2 is 1.70 bits per heavy atom. The molecular formula is C21H24N4O4S. The predicted octanol–water partition coefficient (Wildman–Crippen LogP) is 3.98. The first kappa shape index (κ1) is 21.4. The van der Waals surface area contributed by atoms with Crippen molar-refractivity contribution in [2.75, 3.05) is 16.6 Å². The lowest BCUT2D eigenvalue weighted by atomic mass is 10.0. The van der Waals surface area contributed by atoms with Gasteiger partial charge in [-0.2, -0.15) is 13.5 Å². The van der Waals surface area contributed by atoms with Gasteiger partial charge in [-0.3, -0.25) is 14.6 Å². The van der Waals surface area contributed by atoms with Gasteiger partial charge in [0.05, 0.1) is 6.61 Å². The van der Waals surface area contributed by atoms with Crippen LogP contribution in [0.2, 0.25) is 0 Å². The molecule has 0 radical (unpaired) electrons. The van der Waals surface area contributed by atoms with Gasteiger partial charge in [0.15, 0.2) is 10.7 Å². The third-order valence-electron chi connectivity index (χ3n) is 4.33. The van der Waals surface area contributed by atoms with Crippen molar-refractivity contribution in [3.8, 4) is 5.75 Å². The zero-order valence-electron chi connectivity index (χ0n) is 17.0. The largest absolute Gasteiger partial charge is 0.494 e. The van der Waals surface area contributed by atoms with E-state index >= 15 is 0 Å². The van der Waals surface area contributed by atoms with E-state index in [4.69, 9.17) is 4.74 Å². The summed E-state index contributed by atoms with van der Waals surface area (Å²) in [5.41, 5.74) is 2.09. The van der Waals surface area contributed by atoms with Gasteiger partial charge in [0.1, 0.15) is 5.75 Å². The molecule has 30 heavy (non-hydrogen) atoms. The molecule has 0 aliphatic carbocycles. The zero-order valence-corrected chi connectivity index (χ0v) is 17.8. The molecule has 0 spiro atoms. The Morgan fingerprint density at radius 1 is 1.07 bits per heavy atom. The summed E-state index contributed by atoms with van der Waals surface area (Å²) in [7, 11) is -3.93. The zero-order chi connectivity index (χ0) is 21.7. The van der Waals surface area contributed by atoms with Crippen LogP contribution in [-0.2, 0) is 10.0 Å². The van der Waals surface area contributed by atoms with Gasteiger partial charge in [0.2, 0.25) is 0 Å². The van der Waals surface area contributed by atoms with Gasteiger partial charge >= 0.3 is 0 Å². The summed E-state index contributed by atoms with van der Waals surface area (Å²) >= 11 is 0. The maximum atomic E-state index is 12.6. The number of nitrogens with zero attached hydrogens (tertiary/aromatic N) is 1. The van der Waals surface area contributed by atoms with Crippen molar-refractivity contribution in [3.05, 3.63) is 65.9 Å². The van der Waals surface area contributed by atoms with Crippen LogP contribution in [0.1, 0.15) is 42.7 Å². The van der Waals surface area contributed by atoms with Crippen molar-refractivity contribution < 1.29 is 17.9 Å². The summed E-state index contributed by atoms with van der Waals surface area (Å²) in [5, 5.41) is 8.73. The van der Waals surface area contributed by atoms with E-state index in [2.05, 4.69) is 34.1 Å². The second kappa shape index (κ2) is 9.00. The molecule has 1 heterocycles. The number of carbonyl (C=O) groups excluding carboxylic acids is 1. The number of aromatic nitrogens is 2. The Bertz CT molecular complexity index is 1100. The molecule has 0 unspecified atom stereocenters. The third kappa shape index (κ3) is 5.18. The van der Waals surface area contributed by atoms with E-state index in [-0.39, 0.29) is 10.7 Å². The molecule has 0 saturated heterocycles.